The van der Waals surface area contributed by atoms with E-state index in [0.29, 0.717) is 23.1 Å². The fourth-order valence-corrected chi connectivity index (χ4v) is 4.06. The molecule has 0 spiro atoms. The van der Waals surface area contributed by atoms with Gasteiger partial charge in [-0.15, -0.1) is 9.42 Å². The number of hydrogen-bond acceptors (Lipinski definition) is 8. The second-order valence-corrected chi connectivity index (χ2v) is 7.53. The van der Waals surface area contributed by atoms with Crippen molar-refractivity contribution in [1.82, 2.24) is 19.5 Å². The first-order valence-corrected chi connectivity index (χ1v) is 10.7. The number of carbonyl (C=O) groups is 1. The van der Waals surface area contributed by atoms with Gasteiger partial charge in [0.2, 0.25) is 0 Å². The first-order valence-electron chi connectivity index (χ1n) is 9.60. The second-order valence-electron chi connectivity index (χ2n) is 6.84. The molecular weight excluding hydrogens is 439 g/mol. The Hall–Kier alpha value is -3.47. The maximum atomic E-state index is 12.5. The Labute approximate surface area is 182 Å². The van der Waals surface area contributed by atoms with Crippen LogP contribution in [0.5, 0.6) is 0 Å². The van der Waals surface area contributed by atoms with Crippen LogP contribution >= 0.6 is 8.25 Å². The number of amides is 1. The molecule has 0 bridgehead atoms. The summed E-state index contributed by atoms with van der Waals surface area (Å²) in [5.41, 5.74) is 10.1. The maximum Gasteiger partial charge on any atom is 0.695 e. The van der Waals surface area contributed by atoms with Crippen molar-refractivity contribution in [2.45, 2.75) is 37.8 Å². The van der Waals surface area contributed by atoms with E-state index >= 15 is 0 Å². The standard InChI is InChI=1S/C18H17N8O5P/c1-2-11-14(31-32(28)29)12(24-25-19)18(30-11)26-9-22-13-15(20-8-21-16(13)26)23-17(27)10-6-4-3-5-7-10/h3-9,11-12,14,18H,2H2,1H3,(H-,20,21,23,27,28,29)/p+1/t11-,12-,14-,18-/m1/s1. The summed E-state index contributed by atoms with van der Waals surface area (Å²) in [6, 6.07) is 7.67. The van der Waals surface area contributed by atoms with Gasteiger partial charge in [0.15, 0.2) is 23.1 Å². The lowest BCUT2D eigenvalue weighted by Gasteiger charge is -2.17. The van der Waals surface area contributed by atoms with Gasteiger partial charge >= 0.3 is 8.25 Å². The molecule has 164 valence electrons. The summed E-state index contributed by atoms with van der Waals surface area (Å²) < 4.78 is 23.9. The molecule has 0 aliphatic carbocycles. The molecule has 0 saturated carbocycles. The molecule has 1 unspecified atom stereocenters. The van der Waals surface area contributed by atoms with Crippen molar-refractivity contribution in [1.29, 1.82) is 0 Å². The highest BCUT2D eigenvalue weighted by atomic mass is 31.1. The van der Waals surface area contributed by atoms with Crippen LogP contribution in [0.4, 0.5) is 5.82 Å². The van der Waals surface area contributed by atoms with E-state index in [4.69, 9.17) is 14.8 Å². The molecule has 3 aromatic rings. The number of aromatic nitrogens is 4. The number of hydrogen-bond donors (Lipinski definition) is 2. The molecule has 1 fully saturated rings. The summed E-state index contributed by atoms with van der Waals surface area (Å²) in [5.74, 6) is -0.172. The van der Waals surface area contributed by atoms with Crippen molar-refractivity contribution in [3.8, 4) is 0 Å². The van der Waals surface area contributed by atoms with Gasteiger partial charge in [-0.3, -0.25) is 9.36 Å². The fourth-order valence-electron chi connectivity index (χ4n) is 3.59. The Morgan fingerprint density at radius 2 is 2.16 bits per heavy atom. The minimum Gasteiger partial charge on any atom is -0.351 e. The number of nitrogens with zero attached hydrogens (tertiary/aromatic N) is 7. The quantitative estimate of drug-likeness (QED) is 0.235. The van der Waals surface area contributed by atoms with E-state index < -0.39 is 32.7 Å². The van der Waals surface area contributed by atoms with Gasteiger partial charge in [-0.05, 0) is 24.1 Å². The molecule has 1 saturated heterocycles. The number of ether oxygens (including phenoxy) is 1. The first-order chi connectivity index (χ1) is 15.5. The summed E-state index contributed by atoms with van der Waals surface area (Å²) in [7, 11) is -2.94. The SMILES string of the molecule is CC[C@H]1O[C@@H](n2cnc3c(NC(=O)c4ccccc4)ncnc32)[C@H](N=[N+]=[N-])[C@@H]1O[P+](=O)O. The molecule has 2 aromatic heterocycles. The van der Waals surface area contributed by atoms with Gasteiger partial charge in [-0.2, -0.15) is 0 Å². The highest BCUT2D eigenvalue weighted by Gasteiger charge is 2.50. The van der Waals surface area contributed by atoms with E-state index in [1.807, 2.05) is 6.92 Å². The largest absolute Gasteiger partial charge is 0.695 e. The normalized spacial score (nSPS) is 23.0. The van der Waals surface area contributed by atoms with Crippen LogP contribution in [0, 0.1) is 0 Å². The fraction of sp³-hybridized carbons (Fsp3) is 0.333. The van der Waals surface area contributed by atoms with Gasteiger partial charge in [0.05, 0.1) is 12.4 Å². The number of carbonyl (C=O) groups excluding carboxylic acids is 1. The number of fused-ring (bicyclic) bond motifs is 1. The lowest BCUT2D eigenvalue weighted by atomic mass is 10.1. The molecule has 14 heteroatoms. The highest BCUT2D eigenvalue weighted by molar-refractivity contribution is 7.32. The van der Waals surface area contributed by atoms with E-state index in [2.05, 4.69) is 30.3 Å². The lowest BCUT2D eigenvalue weighted by molar-refractivity contribution is -0.0159. The Morgan fingerprint density at radius 1 is 1.38 bits per heavy atom. The minimum absolute atomic E-state index is 0.194. The molecular formula is C18H18N8O5P+. The minimum atomic E-state index is -2.94. The summed E-state index contributed by atoms with van der Waals surface area (Å²) >= 11 is 0. The zero-order chi connectivity index (χ0) is 22.7. The van der Waals surface area contributed by atoms with Crippen LogP contribution in [0.15, 0.2) is 48.1 Å². The van der Waals surface area contributed by atoms with Gasteiger partial charge < -0.3 is 10.1 Å². The molecule has 1 aromatic carbocycles. The van der Waals surface area contributed by atoms with Crippen LogP contribution in [0.1, 0.15) is 29.9 Å². The number of imidazole rings is 1. The number of nitrogens with one attached hydrogen (secondary N) is 1. The number of rotatable bonds is 7. The highest BCUT2D eigenvalue weighted by Crippen LogP contribution is 2.40. The summed E-state index contributed by atoms with van der Waals surface area (Å²) in [6.07, 6.45) is 0.685. The van der Waals surface area contributed by atoms with Gasteiger partial charge in [0.1, 0.15) is 18.6 Å². The molecule has 32 heavy (non-hydrogen) atoms. The average molecular weight is 457 g/mol. The van der Waals surface area contributed by atoms with Crippen LogP contribution in [0.25, 0.3) is 21.6 Å². The van der Waals surface area contributed by atoms with Gasteiger partial charge in [-0.1, -0.05) is 30.2 Å². The molecule has 1 aliphatic heterocycles. The third-order valence-electron chi connectivity index (χ3n) is 5.01. The van der Waals surface area contributed by atoms with Crippen LogP contribution in [0.2, 0.25) is 0 Å². The Bertz CT molecular complexity index is 1200. The summed E-state index contributed by atoms with van der Waals surface area (Å²) in [5, 5.41) is 6.45. The maximum absolute atomic E-state index is 12.5. The second kappa shape index (κ2) is 9.35. The zero-order valence-electron chi connectivity index (χ0n) is 16.7. The Balaban J connectivity index is 1.69. The van der Waals surface area contributed by atoms with E-state index in [1.165, 1.54) is 17.2 Å². The van der Waals surface area contributed by atoms with Crippen LogP contribution < -0.4 is 5.32 Å². The predicted molar refractivity (Wildman–Crippen MR) is 112 cm³/mol. The van der Waals surface area contributed by atoms with E-state index in [1.54, 1.807) is 30.3 Å². The van der Waals surface area contributed by atoms with Gasteiger partial charge in [-0.25, -0.2) is 15.0 Å². The average Bonchev–Trinajstić information content (AvgIpc) is 3.36. The number of anilines is 1. The summed E-state index contributed by atoms with van der Waals surface area (Å²) in [4.78, 5) is 37.3. The smallest absolute Gasteiger partial charge is 0.351 e. The van der Waals surface area contributed by atoms with Gasteiger partial charge in [0.25, 0.3) is 5.91 Å². The molecule has 0 radical (unpaired) electrons. The first kappa shape index (κ1) is 21.8. The number of azide groups is 1. The van der Waals surface area contributed by atoms with Gasteiger partial charge in [0, 0.05) is 15.0 Å². The molecule has 4 rings (SSSR count). The van der Waals surface area contributed by atoms with Crippen molar-refractivity contribution < 1.29 is 23.5 Å². The van der Waals surface area contributed by atoms with Crippen LogP contribution in [-0.2, 0) is 13.8 Å². The molecule has 1 amide bonds. The van der Waals surface area contributed by atoms with Crippen molar-refractivity contribution in [3.05, 3.63) is 59.0 Å². The molecule has 5 atom stereocenters. The third-order valence-corrected chi connectivity index (χ3v) is 5.43. The third kappa shape index (κ3) is 4.15. The Kier molecular flexibility index (Phi) is 6.35. The molecule has 1 aliphatic rings. The monoisotopic (exact) mass is 457 g/mol. The zero-order valence-corrected chi connectivity index (χ0v) is 17.6. The van der Waals surface area contributed by atoms with E-state index in [-0.39, 0.29) is 11.7 Å². The number of benzene rings is 1. The molecule has 2 N–H and O–H groups in total. The predicted octanol–water partition coefficient (Wildman–Crippen LogP) is 3.10. The van der Waals surface area contributed by atoms with Crippen molar-refractivity contribution in [2.24, 2.45) is 5.11 Å². The van der Waals surface area contributed by atoms with Crippen LogP contribution in [-0.4, -0.2) is 48.6 Å². The van der Waals surface area contributed by atoms with E-state index in [9.17, 15) is 14.3 Å². The lowest BCUT2D eigenvalue weighted by Crippen LogP contribution is -2.31. The van der Waals surface area contributed by atoms with E-state index in [0.717, 1.165) is 0 Å². The van der Waals surface area contributed by atoms with Crippen LogP contribution in [0.3, 0.4) is 0 Å². The topological polar surface area (TPSA) is 177 Å². The Morgan fingerprint density at radius 3 is 2.84 bits per heavy atom. The molecule has 3 heterocycles. The summed E-state index contributed by atoms with van der Waals surface area (Å²) in [6.45, 7) is 1.81. The van der Waals surface area contributed by atoms with Crippen molar-refractivity contribution in [3.63, 3.8) is 0 Å². The van der Waals surface area contributed by atoms with Crippen molar-refractivity contribution >= 4 is 31.1 Å². The molecule has 13 nitrogen and oxygen atoms in total. The van der Waals surface area contributed by atoms with Crippen molar-refractivity contribution in [2.75, 3.05) is 5.32 Å².